The molecule has 1 aliphatic carbocycles. The average Bonchev–Trinajstić information content (AvgIpc) is 3.21. The molecule has 1 saturated carbocycles. The number of urea groups is 1. The normalized spacial score (nSPS) is 23.7. The van der Waals surface area contributed by atoms with E-state index in [-0.39, 0.29) is 12.6 Å². The summed E-state index contributed by atoms with van der Waals surface area (Å²) in [6, 6.07) is 0.270. The number of rotatable bonds is 5. The number of carbonyl (C=O) groups is 2. The maximum absolute atomic E-state index is 12.5. The van der Waals surface area contributed by atoms with Gasteiger partial charge in [-0.05, 0) is 32.2 Å². The minimum Gasteiger partial charge on any atom is -0.480 e. The summed E-state index contributed by atoms with van der Waals surface area (Å²) in [7, 11) is 2.08. The van der Waals surface area contributed by atoms with Crippen LogP contribution in [-0.2, 0) is 4.79 Å². The highest BCUT2D eigenvalue weighted by Crippen LogP contribution is 2.30. The number of carboxylic acids is 1. The first-order valence-electron chi connectivity index (χ1n) is 7.47. The van der Waals surface area contributed by atoms with Gasteiger partial charge >= 0.3 is 12.0 Å². The third kappa shape index (κ3) is 3.85. The third-order valence-corrected chi connectivity index (χ3v) is 4.29. The molecule has 1 atom stereocenters. The summed E-state index contributed by atoms with van der Waals surface area (Å²) in [5.74, 6) is -0.423. The van der Waals surface area contributed by atoms with Gasteiger partial charge in [-0.15, -0.1) is 0 Å². The van der Waals surface area contributed by atoms with Crippen LogP contribution in [0, 0.1) is 5.92 Å². The fourth-order valence-corrected chi connectivity index (χ4v) is 2.75. The van der Waals surface area contributed by atoms with Crippen LogP contribution in [0.2, 0.25) is 0 Å². The third-order valence-electron chi connectivity index (χ3n) is 4.29. The van der Waals surface area contributed by atoms with Crippen LogP contribution >= 0.6 is 0 Å². The summed E-state index contributed by atoms with van der Waals surface area (Å²) < 4.78 is 0. The zero-order valence-electron chi connectivity index (χ0n) is 12.4. The molecule has 2 amide bonds. The lowest BCUT2D eigenvalue weighted by molar-refractivity contribution is -0.137. The van der Waals surface area contributed by atoms with Crippen molar-refractivity contribution in [3.63, 3.8) is 0 Å². The number of carbonyl (C=O) groups excluding carboxylic acids is 1. The summed E-state index contributed by atoms with van der Waals surface area (Å²) in [5, 5.41) is 8.98. The molecule has 1 N–H and O–H groups in total. The van der Waals surface area contributed by atoms with Crippen LogP contribution in [-0.4, -0.2) is 77.6 Å². The molecule has 0 spiro atoms. The lowest BCUT2D eigenvalue weighted by atomic mass is 10.1. The second kappa shape index (κ2) is 6.43. The Kier molecular flexibility index (Phi) is 4.86. The standard InChI is InChI=1S/C14H25N3O3/c1-3-12-9-16(7-6-15(12)2)14(20)17(10-13(18)19)8-11-4-5-11/h11-12H,3-10H2,1-2H3,(H,18,19). The lowest BCUT2D eigenvalue weighted by Crippen LogP contribution is -2.56. The maximum atomic E-state index is 12.5. The van der Waals surface area contributed by atoms with Crippen molar-refractivity contribution in [2.24, 2.45) is 5.92 Å². The van der Waals surface area contributed by atoms with Gasteiger partial charge in [0.25, 0.3) is 0 Å². The summed E-state index contributed by atoms with van der Waals surface area (Å²) in [6.45, 7) is 4.77. The fourth-order valence-electron chi connectivity index (χ4n) is 2.75. The van der Waals surface area contributed by atoms with E-state index >= 15 is 0 Å². The van der Waals surface area contributed by atoms with Crippen molar-refractivity contribution in [3.05, 3.63) is 0 Å². The minimum atomic E-state index is -0.930. The first-order chi connectivity index (χ1) is 9.51. The zero-order valence-corrected chi connectivity index (χ0v) is 12.4. The van der Waals surface area contributed by atoms with Gasteiger partial charge in [0.15, 0.2) is 0 Å². The fraction of sp³-hybridized carbons (Fsp3) is 0.857. The number of nitrogens with zero attached hydrogens (tertiary/aromatic N) is 3. The molecule has 6 heteroatoms. The van der Waals surface area contributed by atoms with E-state index in [1.807, 2.05) is 4.90 Å². The van der Waals surface area contributed by atoms with Crippen molar-refractivity contribution in [1.29, 1.82) is 0 Å². The molecule has 0 aromatic heterocycles. The van der Waals surface area contributed by atoms with Gasteiger partial charge in [0.05, 0.1) is 0 Å². The Morgan fingerprint density at radius 1 is 1.30 bits per heavy atom. The average molecular weight is 283 g/mol. The topological polar surface area (TPSA) is 64.1 Å². The molecule has 2 fully saturated rings. The lowest BCUT2D eigenvalue weighted by Gasteiger charge is -2.40. The number of piperazine rings is 1. The second-order valence-electron chi connectivity index (χ2n) is 5.99. The molecule has 20 heavy (non-hydrogen) atoms. The zero-order chi connectivity index (χ0) is 14.7. The molecule has 1 heterocycles. The highest BCUT2D eigenvalue weighted by Gasteiger charge is 2.33. The molecule has 1 saturated heterocycles. The maximum Gasteiger partial charge on any atom is 0.323 e. The molecule has 2 rings (SSSR count). The van der Waals surface area contributed by atoms with Gasteiger partial charge in [0.2, 0.25) is 0 Å². The summed E-state index contributed by atoms with van der Waals surface area (Å²) in [6.07, 6.45) is 3.23. The quantitative estimate of drug-likeness (QED) is 0.815. The molecule has 0 bridgehead atoms. The van der Waals surface area contributed by atoms with Gasteiger partial charge in [-0.2, -0.15) is 0 Å². The Hall–Kier alpha value is -1.30. The van der Waals surface area contributed by atoms with Gasteiger partial charge in [0, 0.05) is 32.2 Å². The molecule has 0 radical (unpaired) electrons. The monoisotopic (exact) mass is 283 g/mol. The van der Waals surface area contributed by atoms with Gasteiger partial charge in [0.1, 0.15) is 6.54 Å². The van der Waals surface area contributed by atoms with Crippen molar-refractivity contribution in [1.82, 2.24) is 14.7 Å². The molecule has 0 aromatic rings. The van der Waals surface area contributed by atoms with Crippen LogP contribution in [0.3, 0.4) is 0 Å². The van der Waals surface area contributed by atoms with E-state index in [0.29, 0.717) is 31.6 Å². The second-order valence-corrected chi connectivity index (χ2v) is 5.99. The van der Waals surface area contributed by atoms with E-state index in [1.54, 1.807) is 0 Å². The predicted octanol–water partition coefficient (Wildman–Crippen LogP) is 0.929. The van der Waals surface area contributed by atoms with Crippen LogP contribution < -0.4 is 0 Å². The molecular formula is C14H25N3O3. The number of likely N-dealkylation sites (N-methyl/N-ethyl adjacent to an activating group) is 1. The van der Waals surface area contributed by atoms with Crippen molar-refractivity contribution in [3.8, 4) is 0 Å². The molecule has 6 nitrogen and oxygen atoms in total. The van der Waals surface area contributed by atoms with E-state index in [1.165, 1.54) is 4.90 Å². The SMILES string of the molecule is CCC1CN(C(=O)N(CC(=O)O)CC2CC2)CCN1C. The molecule has 2 aliphatic rings. The van der Waals surface area contributed by atoms with Crippen LogP contribution in [0.4, 0.5) is 4.79 Å². The van der Waals surface area contributed by atoms with Crippen molar-refractivity contribution < 1.29 is 14.7 Å². The van der Waals surface area contributed by atoms with Crippen LogP contribution in [0.1, 0.15) is 26.2 Å². The summed E-state index contributed by atoms with van der Waals surface area (Å²) in [5.41, 5.74) is 0. The smallest absolute Gasteiger partial charge is 0.323 e. The Morgan fingerprint density at radius 2 is 2.00 bits per heavy atom. The van der Waals surface area contributed by atoms with E-state index in [2.05, 4.69) is 18.9 Å². The van der Waals surface area contributed by atoms with E-state index < -0.39 is 5.97 Å². The van der Waals surface area contributed by atoms with Gasteiger partial charge < -0.3 is 14.9 Å². The Balaban J connectivity index is 1.96. The molecule has 0 aromatic carbocycles. The molecular weight excluding hydrogens is 258 g/mol. The molecule has 1 aliphatic heterocycles. The number of aliphatic carboxylic acids is 1. The predicted molar refractivity (Wildman–Crippen MR) is 75.6 cm³/mol. The van der Waals surface area contributed by atoms with Crippen molar-refractivity contribution in [2.75, 3.05) is 39.8 Å². The number of hydrogen-bond acceptors (Lipinski definition) is 3. The highest BCUT2D eigenvalue weighted by atomic mass is 16.4. The Labute approximate surface area is 120 Å². The van der Waals surface area contributed by atoms with Crippen LogP contribution in [0.15, 0.2) is 0 Å². The molecule has 1 unspecified atom stereocenters. The van der Waals surface area contributed by atoms with Gasteiger partial charge in [-0.25, -0.2) is 4.79 Å². The first-order valence-corrected chi connectivity index (χ1v) is 7.47. The van der Waals surface area contributed by atoms with Crippen LogP contribution in [0.5, 0.6) is 0 Å². The van der Waals surface area contributed by atoms with Gasteiger partial charge in [-0.3, -0.25) is 9.69 Å². The summed E-state index contributed by atoms with van der Waals surface area (Å²) >= 11 is 0. The number of amides is 2. The Bertz CT molecular complexity index is 371. The number of carboxylic acid groups (broad SMARTS) is 1. The minimum absolute atomic E-state index is 0.106. The summed E-state index contributed by atoms with van der Waals surface area (Å²) in [4.78, 5) is 29.1. The van der Waals surface area contributed by atoms with E-state index in [9.17, 15) is 9.59 Å². The van der Waals surface area contributed by atoms with E-state index in [4.69, 9.17) is 5.11 Å². The van der Waals surface area contributed by atoms with Gasteiger partial charge in [-0.1, -0.05) is 6.92 Å². The largest absolute Gasteiger partial charge is 0.480 e. The first kappa shape index (κ1) is 15.1. The Morgan fingerprint density at radius 3 is 2.55 bits per heavy atom. The van der Waals surface area contributed by atoms with Crippen molar-refractivity contribution in [2.45, 2.75) is 32.2 Å². The number of hydrogen-bond donors (Lipinski definition) is 1. The highest BCUT2D eigenvalue weighted by molar-refractivity contribution is 5.80. The molecule has 114 valence electrons. The van der Waals surface area contributed by atoms with Crippen LogP contribution in [0.25, 0.3) is 0 Å². The van der Waals surface area contributed by atoms with Crippen molar-refractivity contribution >= 4 is 12.0 Å². The van der Waals surface area contributed by atoms with E-state index in [0.717, 1.165) is 25.8 Å².